The van der Waals surface area contributed by atoms with Crippen LogP contribution in [-0.2, 0) is 11.0 Å². The van der Waals surface area contributed by atoms with Gasteiger partial charge in [-0.2, -0.15) is 13.2 Å². The monoisotopic (exact) mass is 369 g/mol. The molecule has 0 saturated carbocycles. The molecule has 4 nitrogen and oxygen atoms in total. The third-order valence-corrected chi connectivity index (χ3v) is 4.26. The molecule has 3 rings (SSSR count). The van der Waals surface area contributed by atoms with E-state index in [1.807, 2.05) is 17.0 Å². The number of halogens is 4. The lowest BCUT2D eigenvalue weighted by molar-refractivity contribution is -0.141. The van der Waals surface area contributed by atoms with E-state index >= 15 is 0 Å². The van der Waals surface area contributed by atoms with Crippen molar-refractivity contribution in [2.24, 2.45) is 0 Å². The number of alkyl halides is 3. The van der Waals surface area contributed by atoms with Crippen LogP contribution in [0, 0.1) is 0 Å². The molecule has 1 amide bonds. The molecule has 1 atom stereocenters. The third-order valence-electron chi connectivity index (χ3n) is 4.00. The number of nitrogens with one attached hydrogen (secondary N) is 1. The number of hydrogen-bond acceptors (Lipinski definition) is 3. The molecule has 0 aliphatic carbocycles. The highest BCUT2D eigenvalue weighted by Gasteiger charge is 2.34. The Morgan fingerprint density at radius 2 is 1.92 bits per heavy atom. The minimum atomic E-state index is -4.55. The standard InChI is InChI=1S/C17H15ClF3N3O/c18-11-6-8-12(9-7-11)24-10-2-3-13(24)16(25)23-15-5-1-4-14(22-15)17(19,20)21/h1,4-9,13H,2-3,10H2,(H,22,23,25)/t13-/m0/s1. The van der Waals surface area contributed by atoms with E-state index in [2.05, 4.69) is 10.3 Å². The van der Waals surface area contributed by atoms with E-state index in [0.29, 0.717) is 18.0 Å². The summed E-state index contributed by atoms with van der Waals surface area (Å²) >= 11 is 5.88. The molecule has 1 aromatic heterocycles. The molecule has 8 heteroatoms. The molecule has 0 unspecified atom stereocenters. The van der Waals surface area contributed by atoms with Crippen molar-refractivity contribution in [3.8, 4) is 0 Å². The summed E-state index contributed by atoms with van der Waals surface area (Å²) in [7, 11) is 0. The maximum atomic E-state index is 12.7. The first-order chi connectivity index (χ1) is 11.8. The summed E-state index contributed by atoms with van der Waals surface area (Å²) in [6.07, 6.45) is -3.12. The number of benzene rings is 1. The average Bonchev–Trinajstić information content (AvgIpc) is 3.05. The van der Waals surface area contributed by atoms with Gasteiger partial charge in [0.15, 0.2) is 0 Å². The third kappa shape index (κ3) is 4.04. The number of hydrogen-bond donors (Lipinski definition) is 1. The lowest BCUT2D eigenvalue weighted by Gasteiger charge is -2.26. The van der Waals surface area contributed by atoms with Crippen molar-refractivity contribution in [3.05, 3.63) is 53.2 Å². The Labute approximate surface area is 147 Å². The Bertz CT molecular complexity index is 764. The lowest BCUT2D eigenvalue weighted by Crippen LogP contribution is -2.39. The lowest BCUT2D eigenvalue weighted by atomic mass is 10.2. The molecule has 1 aliphatic heterocycles. The Hall–Kier alpha value is -2.28. The van der Waals surface area contributed by atoms with Gasteiger partial charge in [0.2, 0.25) is 5.91 Å². The van der Waals surface area contributed by atoms with E-state index in [0.717, 1.165) is 18.2 Å². The van der Waals surface area contributed by atoms with Crippen LogP contribution in [0.3, 0.4) is 0 Å². The molecule has 0 radical (unpaired) electrons. The Morgan fingerprint density at radius 1 is 1.20 bits per heavy atom. The van der Waals surface area contributed by atoms with Crippen molar-refractivity contribution in [1.29, 1.82) is 0 Å². The van der Waals surface area contributed by atoms with Gasteiger partial charge < -0.3 is 10.2 Å². The van der Waals surface area contributed by atoms with E-state index in [-0.39, 0.29) is 11.7 Å². The number of carbonyl (C=O) groups is 1. The zero-order valence-electron chi connectivity index (χ0n) is 13.1. The Morgan fingerprint density at radius 3 is 2.60 bits per heavy atom. The van der Waals surface area contributed by atoms with Gasteiger partial charge in [-0.3, -0.25) is 4.79 Å². The molecule has 1 fully saturated rings. The summed E-state index contributed by atoms with van der Waals surface area (Å²) < 4.78 is 38.2. The van der Waals surface area contributed by atoms with Crippen molar-refractivity contribution in [1.82, 2.24) is 4.98 Å². The second-order valence-corrected chi connectivity index (χ2v) is 6.16. The molecule has 2 heterocycles. The van der Waals surface area contributed by atoms with E-state index < -0.39 is 17.9 Å². The molecule has 1 saturated heterocycles. The maximum absolute atomic E-state index is 12.7. The van der Waals surface area contributed by atoms with Crippen LogP contribution in [0.1, 0.15) is 18.5 Å². The van der Waals surface area contributed by atoms with Gasteiger partial charge >= 0.3 is 6.18 Å². The maximum Gasteiger partial charge on any atom is 0.433 e. The normalized spacial score (nSPS) is 17.6. The van der Waals surface area contributed by atoms with Crippen LogP contribution in [0.2, 0.25) is 5.02 Å². The van der Waals surface area contributed by atoms with Crippen LogP contribution in [-0.4, -0.2) is 23.5 Å². The van der Waals surface area contributed by atoms with Crippen molar-refractivity contribution >= 4 is 29.0 Å². The van der Waals surface area contributed by atoms with Crippen LogP contribution in [0.5, 0.6) is 0 Å². The summed E-state index contributed by atoms with van der Waals surface area (Å²) in [5.74, 6) is -0.484. The summed E-state index contributed by atoms with van der Waals surface area (Å²) in [6.45, 7) is 0.690. The summed E-state index contributed by atoms with van der Waals surface area (Å²) in [4.78, 5) is 17.9. The average molecular weight is 370 g/mol. The van der Waals surface area contributed by atoms with Crippen molar-refractivity contribution in [2.45, 2.75) is 25.1 Å². The fourth-order valence-corrected chi connectivity index (χ4v) is 2.98. The van der Waals surface area contributed by atoms with Crippen LogP contribution >= 0.6 is 11.6 Å². The predicted molar refractivity (Wildman–Crippen MR) is 89.7 cm³/mol. The molecule has 1 N–H and O–H groups in total. The van der Waals surface area contributed by atoms with Crippen molar-refractivity contribution in [3.63, 3.8) is 0 Å². The smallest absolute Gasteiger partial charge is 0.360 e. The molecule has 25 heavy (non-hydrogen) atoms. The van der Waals surface area contributed by atoms with Crippen LogP contribution in [0.15, 0.2) is 42.5 Å². The summed E-state index contributed by atoms with van der Waals surface area (Å²) in [5.41, 5.74) is -0.190. The van der Waals surface area contributed by atoms with Crippen LogP contribution in [0.25, 0.3) is 0 Å². The topological polar surface area (TPSA) is 45.2 Å². The number of aromatic nitrogens is 1. The van der Waals surface area contributed by atoms with Crippen molar-refractivity contribution in [2.75, 3.05) is 16.8 Å². The van der Waals surface area contributed by atoms with Crippen molar-refractivity contribution < 1.29 is 18.0 Å². The molecular weight excluding hydrogens is 355 g/mol. The molecule has 132 valence electrons. The SMILES string of the molecule is O=C(Nc1cccc(C(F)(F)F)n1)[C@@H]1CCCN1c1ccc(Cl)cc1. The highest BCUT2D eigenvalue weighted by Crippen LogP contribution is 2.29. The number of amides is 1. The zero-order chi connectivity index (χ0) is 18.0. The number of rotatable bonds is 3. The van der Waals surface area contributed by atoms with Gasteiger partial charge in [-0.05, 0) is 49.2 Å². The first kappa shape index (κ1) is 17.5. The fraction of sp³-hybridized carbons (Fsp3) is 0.294. The predicted octanol–water partition coefficient (Wildman–Crippen LogP) is 4.36. The second-order valence-electron chi connectivity index (χ2n) is 5.72. The number of carbonyl (C=O) groups excluding carboxylic acids is 1. The minimum Gasteiger partial charge on any atom is -0.360 e. The Kier molecular flexibility index (Phi) is 4.85. The molecule has 1 aromatic carbocycles. The van der Waals surface area contributed by atoms with Crippen LogP contribution < -0.4 is 10.2 Å². The van der Waals surface area contributed by atoms with Gasteiger partial charge in [0.25, 0.3) is 0 Å². The highest BCUT2D eigenvalue weighted by atomic mass is 35.5. The van der Waals surface area contributed by atoms with Gasteiger partial charge in [-0.15, -0.1) is 0 Å². The van der Waals surface area contributed by atoms with E-state index in [1.165, 1.54) is 12.1 Å². The quantitative estimate of drug-likeness (QED) is 0.874. The number of anilines is 2. The number of pyridine rings is 1. The fourth-order valence-electron chi connectivity index (χ4n) is 2.85. The molecule has 0 spiro atoms. The first-order valence-corrected chi connectivity index (χ1v) is 8.10. The second kappa shape index (κ2) is 6.92. The van der Waals surface area contributed by atoms with Gasteiger partial charge in [0.05, 0.1) is 0 Å². The largest absolute Gasteiger partial charge is 0.433 e. The molecule has 2 aromatic rings. The van der Waals surface area contributed by atoms with Gasteiger partial charge in [-0.1, -0.05) is 17.7 Å². The zero-order valence-corrected chi connectivity index (χ0v) is 13.8. The highest BCUT2D eigenvalue weighted by molar-refractivity contribution is 6.30. The van der Waals surface area contributed by atoms with E-state index in [4.69, 9.17) is 11.6 Å². The minimum absolute atomic E-state index is 0.109. The molecule has 1 aliphatic rings. The first-order valence-electron chi connectivity index (χ1n) is 7.72. The van der Waals surface area contributed by atoms with E-state index in [1.54, 1.807) is 12.1 Å². The van der Waals surface area contributed by atoms with Crippen LogP contribution in [0.4, 0.5) is 24.7 Å². The Balaban J connectivity index is 1.75. The van der Waals surface area contributed by atoms with Gasteiger partial charge in [0.1, 0.15) is 17.6 Å². The molecule has 0 bridgehead atoms. The summed E-state index contributed by atoms with van der Waals surface area (Å²) in [5, 5.41) is 3.08. The van der Waals surface area contributed by atoms with Gasteiger partial charge in [-0.25, -0.2) is 4.98 Å². The molecular formula is C17H15ClF3N3O. The van der Waals surface area contributed by atoms with Gasteiger partial charge in [0, 0.05) is 17.3 Å². The van der Waals surface area contributed by atoms with E-state index in [9.17, 15) is 18.0 Å². The number of nitrogens with zero attached hydrogens (tertiary/aromatic N) is 2. The summed E-state index contributed by atoms with van der Waals surface area (Å²) in [6, 6.07) is 10.1.